The monoisotopic (exact) mass is 254 g/mol. The number of piperidine rings is 1. The summed E-state index contributed by atoms with van der Waals surface area (Å²) in [5.74, 6) is 1.91. The molecule has 2 rings (SSSR count). The summed E-state index contributed by atoms with van der Waals surface area (Å²) in [6, 6.07) is 0. The van der Waals surface area contributed by atoms with Gasteiger partial charge in [-0.25, -0.2) is 0 Å². The molecule has 0 aromatic rings. The molecule has 3 nitrogen and oxygen atoms in total. The highest BCUT2D eigenvalue weighted by atomic mass is 16.5. The topological polar surface area (TPSA) is 38.5 Å². The molecule has 1 heterocycles. The van der Waals surface area contributed by atoms with Crippen LogP contribution < -0.4 is 5.73 Å². The van der Waals surface area contributed by atoms with Crippen LogP contribution in [-0.4, -0.2) is 43.3 Å². The lowest BCUT2D eigenvalue weighted by atomic mass is 9.74. The number of fused-ring (bicyclic) bond motifs is 1. The minimum absolute atomic E-state index is 0.0401. The average molecular weight is 254 g/mol. The number of nitrogens with two attached hydrogens (primary N) is 1. The van der Waals surface area contributed by atoms with E-state index in [0.717, 1.165) is 25.0 Å². The van der Waals surface area contributed by atoms with Gasteiger partial charge in [-0.1, -0.05) is 19.3 Å². The molecule has 1 saturated heterocycles. The van der Waals surface area contributed by atoms with E-state index in [9.17, 15) is 0 Å². The predicted octanol–water partition coefficient (Wildman–Crippen LogP) is 2.25. The number of nitrogens with zero attached hydrogens (tertiary/aromatic N) is 1. The lowest BCUT2D eigenvalue weighted by molar-refractivity contribution is -0.0313. The molecule has 18 heavy (non-hydrogen) atoms. The Morgan fingerprint density at radius 3 is 2.61 bits per heavy atom. The van der Waals surface area contributed by atoms with Crippen LogP contribution in [0.25, 0.3) is 0 Å². The van der Waals surface area contributed by atoms with Crippen molar-refractivity contribution in [1.82, 2.24) is 4.90 Å². The second-order valence-corrected chi connectivity index (χ2v) is 6.38. The molecule has 0 bridgehead atoms. The Hall–Kier alpha value is -0.120. The molecule has 1 saturated carbocycles. The van der Waals surface area contributed by atoms with Gasteiger partial charge in [0.2, 0.25) is 0 Å². The summed E-state index contributed by atoms with van der Waals surface area (Å²) in [5.41, 5.74) is 6.07. The zero-order chi connectivity index (χ0) is 13.0. The quantitative estimate of drug-likeness (QED) is 0.818. The maximum Gasteiger partial charge on any atom is 0.0659 e. The molecule has 3 atom stereocenters. The first kappa shape index (κ1) is 14.3. The van der Waals surface area contributed by atoms with Gasteiger partial charge in [-0.15, -0.1) is 0 Å². The molecule has 2 aliphatic rings. The molecule has 0 aromatic heterocycles. The molecule has 1 aliphatic carbocycles. The average Bonchev–Trinajstić information content (AvgIpc) is 2.44. The Labute approximate surface area is 112 Å². The molecule has 3 unspecified atom stereocenters. The van der Waals surface area contributed by atoms with Crippen molar-refractivity contribution in [3.05, 3.63) is 0 Å². The molecule has 106 valence electrons. The molecule has 0 aromatic carbocycles. The highest BCUT2D eigenvalue weighted by Gasteiger charge is 2.38. The van der Waals surface area contributed by atoms with Gasteiger partial charge in [0, 0.05) is 19.7 Å². The third-order valence-corrected chi connectivity index (χ3v) is 5.11. The number of likely N-dealkylation sites (tertiary alicyclic amines) is 1. The van der Waals surface area contributed by atoms with Crippen molar-refractivity contribution in [2.24, 2.45) is 17.6 Å². The zero-order valence-electron chi connectivity index (χ0n) is 12.2. The summed E-state index contributed by atoms with van der Waals surface area (Å²) < 4.78 is 5.66. The Kier molecular flexibility index (Phi) is 5.05. The van der Waals surface area contributed by atoms with Gasteiger partial charge in [-0.2, -0.15) is 0 Å². The molecule has 0 amide bonds. The van der Waals surface area contributed by atoms with Gasteiger partial charge in [-0.3, -0.25) is 4.90 Å². The van der Waals surface area contributed by atoms with Crippen LogP contribution >= 0.6 is 0 Å². The van der Waals surface area contributed by atoms with E-state index in [-0.39, 0.29) is 5.54 Å². The third-order valence-electron chi connectivity index (χ3n) is 5.11. The minimum atomic E-state index is 0.0401. The van der Waals surface area contributed by atoms with Crippen LogP contribution in [0.15, 0.2) is 0 Å². The lowest BCUT2D eigenvalue weighted by Crippen LogP contribution is -2.59. The van der Waals surface area contributed by atoms with Crippen LogP contribution in [0.2, 0.25) is 0 Å². The van der Waals surface area contributed by atoms with Crippen molar-refractivity contribution >= 4 is 0 Å². The second-order valence-electron chi connectivity index (χ2n) is 6.38. The molecule has 3 heteroatoms. The standard InChI is InChI=1S/C15H30N2O/c1-3-18-12-15(2,11-16)17-9-8-13-6-4-5-7-14(13)10-17/h13-14H,3-12,16H2,1-2H3. The number of ether oxygens (including phenoxy) is 1. The van der Waals surface area contributed by atoms with E-state index >= 15 is 0 Å². The summed E-state index contributed by atoms with van der Waals surface area (Å²) in [4.78, 5) is 2.61. The lowest BCUT2D eigenvalue weighted by Gasteiger charge is -2.48. The van der Waals surface area contributed by atoms with E-state index in [2.05, 4.69) is 18.7 Å². The zero-order valence-corrected chi connectivity index (χ0v) is 12.2. The fourth-order valence-corrected chi connectivity index (χ4v) is 3.69. The highest BCUT2D eigenvalue weighted by Crippen LogP contribution is 2.37. The summed E-state index contributed by atoms with van der Waals surface area (Å²) in [7, 11) is 0. The van der Waals surface area contributed by atoms with Gasteiger partial charge >= 0.3 is 0 Å². The van der Waals surface area contributed by atoms with Crippen LogP contribution in [0.1, 0.15) is 46.0 Å². The first-order valence-electron chi connectivity index (χ1n) is 7.72. The van der Waals surface area contributed by atoms with Gasteiger partial charge < -0.3 is 10.5 Å². The molecule has 1 aliphatic heterocycles. The van der Waals surface area contributed by atoms with Crippen LogP contribution in [0.4, 0.5) is 0 Å². The predicted molar refractivity (Wildman–Crippen MR) is 75.6 cm³/mol. The molecule has 2 fully saturated rings. The van der Waals surface area contributed by atoms with Gasteiger partial charge in [0.05, 0.1) is 12.1 Å². The summed E-state index contributed by atoms with van der Waals surface area (Å²) in [6.45, 7) is 9.04. The molecule has 2 N–H and O–H groups in total. The van der Waals surface area contributed by atoms with Crippen LogP contribution in [0.5, 0.6) is 0 Å². The van der Waals surface area contributed by atoms with Crippen molar-refractivity contribution in [3.63, 3.8) is 0 Å². The maximum absolute atomic E-state index is 6.03. The van der Waals surface area contributed by atoms with E-state index in [1.165, 1.54) is 45.2 Å². The van der Waals surface area contributed by atoms with E-state index in [0.29, 0.717) is 6.54 Å². The SMILES string of the molecule is CCOCC(C)(CN)N1CCC2CCCCC2C1. The first-order chi connectivity index (χ1) is 8.69. The number of hydrogen-bond donors (Lipinski definition) is 1. The van der Waals surface area contributed by atoms with Gasteiger partial charge in [0.25, 0.3) is 0 Å². The van der Waals surface area contributed by atoms with E-state index in [4.69, 9.17) is 10.5 Å². The van der Waals surface area contributed by atoms with Crippen LogP contribution in [0.3, 0.4) is 0 Å². The van der Waals surface area contributed by atoms with Gasteiger partial charge in [0.15, 0.2) is 0 Å². The summed E-state index contributed by atoms with van der Waals surface area (Å²) >= 11 is 0. The number of hydrogen-bond acceptors (Lipinski definition) is 3. The first-order valence-corrected chi connectivity index (χ1v) is 7.72. The summed E-state index contributed by atoms with van der Waals surface area (Å²) in [6.07, 6.45) is 7.14. The third kappa shape index (κ3) is 3.06. The highest BCUT2D eigenvalue weighted by molar-refractivity contribution is 4.93. The fourth-order valence-electron chi connectivity index (χ4n) is 3.69. The maximum atomic E-state index is 6.03. The van der Waals surface area contributed by atoms with E-state index < -0.39 is 0 Å². The normalized spacial score (nSPS) is 32.8. The van der Waals surface area contributed by atoms with E-state index in [1.807, 2.05) is 0 Å². The largest absolute Gasteiger partial charge is 0.380 e. The smallest absolute Gasteiger partial charge is 0.0659 e. The van der Waals surface area contributed by atoms with Crippen molar-refractivity contribution in [2.75, 3.05) is 32.8 Å². The molecule has 0 spiro atoms. The Balaban J connectivity index is 1.95. The number of rotatable bonds is 5. The Morgan fingerprint density at radius 1 is 1.22 bits per heavy atom. The molecule has 0 radical (unpaired) electrons. The van der Waals surface area contributed by atoms with Crippen molar-refractivity contribution in [1.29, 1.82) is 0 Å². The van der Waals surface area contributed by atoms with Crippen LogP contribution in [-0.2, 0) is 4.74 Å². The fraction of sp³-hybridized carbons (Fsp3) is 1.00. The Bertz CT molecular complexity index is 259. The molecular weight excluding hydrogens is 224 g/mol. The molecular formula is C15H30N2O. The van der Waals surface area contributed by atoms with Crippen molar-refractivity contribution < 1.29 is 4.74 Å². The summed E-state index contributed by atoms with van der Waals surface area (Å²) in [5, 5.41) is 0. The minimum Gasteiger partial charge on any atom is -0.380 e. The van der Waals surface area contributed by atoms with Crippen molar-refractivity contribution in [2.45, 2.75) is 51.5 Å². The van der Waals surface area contributed by atoms with Crippen LogP contribution in [0, 0.1) is 11.8 Å². The van der Waals surface area contributed by atoms with Gasteiger partial charge in [0.1, 0.15) is 0 Å². The van der Waals surface area contributed by atoms with E-state index in [1.54, 1.807) is 0 Å². The van der Waals surface area contributed by atoms with Gasteiger partial charge in [-0.05, 0) is 45.1 Å². The van der Waals surface area contributed by atoms with Crippen molar-refractivity contribution in [3.8, 4) is 0 Å². The second kappa shape index (κ2) is 6.36. The Morgan fingerprint density at radius 2 is 1.94 bits per heavy atom.